The Morgan fingerprint density at radius 1 is 1.05 bits per heavy atom. The third-order valence-corrected chi connectivity index (χ3v) is 4.88. The molecule has 0 saturated carbocycles. The molecule has 0 fully saturated rings. The van der Waals surface area contributed by atoms with Crippen LogP contribution in [0.15, 0.2) is 24.3 Å². The normalized spacial score (nSPS) is 19.6. The summed E-state index contributed by atoms with van der Waals surface area (Å²) in [6.45, 7) is 2.27. The molecule has 0 heterocycles. The molecule has 1 nitrogen and oxygen atoms in total. The van der Waals surface area contributed by atoms with E-state index in [1.807, 2.05) is 0 Å². The molecular weight excluding hydrogens is 242 g/mol. The van der Waals surface area contributed by atoms with Crippen molar-refractivity contribution in [2.24, 2.45) is 11.7 Å². The summed E-state index contributed by atoms with van der Waals surface area (Å²) in [7, 11) is 0. The van der Waals surface area contributed by atoms with Gasteiger partial charge in [-0.05, 0) is 42.7 Å². The highest BCUT2D eigenvalue weighted by atomic mass is 14.6. The number of hydrogen-bond acceptors (Lipinski definition) is 1. The number of rotatable bonds is 8. The van der Waals surface area contributed by atoms with E-state index in [0.29, 0.717) is 12.0 Å². The lowest BCUT2D eigenvalue weighted by Gasteiger charge is -2.29. The summed E-state index contributed by atoms with van der Waals surface area (Å²) < 4.78 is 0. The maximum Gasteiger partial charge on any atom is 0.00704 e. The zero-order valence-electron chi connectivity index (χ0n) is 13.1. The molecule has 20 heavy (non-hydrogen) atoms. The van der Waals surface area contributed by atoms with Crippen molar-refractivity contribution in [1.29, 1.82) is 0 Å². The molecule has 1 aromatic rings. The Labute approximate surface area is 125 Å². The van der Waals surface area contributed by atoms with Crippen molar-refractivity contribution in [3.05, 3.63) is 35.4 Å². The SMILES string of the molecule is CCCCCCCCC(N)C1CCc2ccccc2C1. The van der Waals surface area contributed by atoms with Crippen LogP contribution in [0.2, 0.25) is 0 Å². The zero-order valence-corrected chi connectivity index (χ0v) is 13.1. The zero-order chi connectivity index (χ0) is 14.2. The topological polar surface area (TPSA) is 26.0 Å². The molecule has 2 atom stereocenters. The van der Waals surface area contributed by atoms with E-state index < -0.39 is 0 Å². The number of fused-ring (bicyclic) bond motifs is 1. The van der Waals surface area contributed by atoms with Crippen molar-refractivity contribution in [2.75, 3.05) is 0 Å². The molecule has 1 aliphatic rings. The van der Waals surface area contributed by atoms with Crippen LogP contribution in [-0.2, 0) is 12.8 Å². The summed E-state index contributed by atoms with van der Waals surface area (Å²) >= 11 is 0. The fourth-order valence-corrected chi connectivity index (χ4v) is 3.49. The van der Waals surface area contributed by atoms with Crippen molar-refractivity contribution < 1.29 is 0 Å². The minimum atomic E-state index is 0.412. The number of aryl methyl sites for hydroxylation is 1. The molecule has 2 unspecified atom stereocenters. The minimum absolute atomic E-state index is 0.412. The number of nitrogens with two attached hydrogens (primary N) is 1. The second-order valence-electron chi connectivity index (χ2n) is 6.49. The summed E-state index contributed by atoms with van der Waals surface area (Å²) in [5.74, 6) is 0.709. The van der Waals surface area contributed by atoms with Crippen molar-refractivity contribution in [2.45, 2.75) is 77.2 Å². The lowest BCUT2D eigenvalue weighted by atomic mass is 9.79. The van der Waals surface area contributed by atoms with Crippen LogP contribution in [0.1, 0.15) is 69.4 Å². The molecule has 1 aromatic carbocycles. The second-order valence-corrected chi connectivity index (χ2v) is 6.49. The van der Waals surface area contributed by atoms with Crippen LogP contribution in [0.5, 0.6) is 0 Å². The van der Waals surface area contributed by atoms with Crippen molar-refractivity contribution >= 4 is 0 Å². The van der Waals surface area contributed by atoms with E-state index in [1.54, 1.807) is 11.1 Å². The van der Waals surface area contributed by atoms with Crippen molar-refractivity contribution in [3.8, 4) is 0 Å². The Morgan fingerprint density at radius 3 is 2.55 bits per heavy atom. The summed E-state index contributed by atoms with van der Waals surface area (Å²) in [5, 5.41) is 0. The van der Waals surface area contributed by atoms with Gasteiger partial charge in [-0.1, -0.05) is 69.7 Å². The van der Waals surface area contributed by atoms with Gasteiger partial charge in [-0.25, -0.2) is 0 Å². The smallest absolute Gasteiger partial charge is 0.00704 e. The predicted molar refractivity (Wildman–Crippen MR) is 87.9 cm³/mol. The van der Waals surface area contributed by atoms with E-state index in [2.05, 4.69) is 31.2 Å². The van der Waals surface area contributed by atoms with Crippen molar-refractivity contribution in [1.82, 2.24) is 0 Å². The minimum Gasteiger partial charge on any atom is -0.327 e. The van der Waals surface area contributed by atoms with E-state index in [9.17, 15) is 0 Å². The Balaban J connectivity index is 1.68. The highest BCUT2D eigenvalue weighted by Crippen LogP contribution is 2.28. The highest BCUT2D eigenvalue weighted by molar-refractivity contribution is 5.29. The van der Waals surface area contributed by atoms with Gasteiger partial charge in [0.1, 0.15) is 0 Å². The second kappa shape index (κ2) is 8.46. The Bertz CT molecular complexity index is 385. The average molecular weight is 273 g/mol. The molecule has 0 amide bonds. The van der Waals surface area contributed by atoms with Gasteiger partial charge in [-0.15, -0.1) is 0 Å². The molecule has 1 heteroatoms. The molecule has 0 saturated heterocycles. The fraction of sp³-hybridized carbons (Fsp3) is 0.684. The Hall–Kier alpha value is -0.820. The summed E-state index contributed by atoms with van der Waals surface area (Å²) in [6.07, 6.45) is 13.2. The summed E-state index contributed by atoms with van der Waals surface area (Å²) in [4.78, 5) is 0. The van der Waals surface area contributed by atoms with Gasteiger partial charge in [0.25, 0.3) is 0 Å². The third-order valence-electron chi connectivity index (χ3n) is 4.88. The first-order valence-electron chi connectivity index (χ1n) is 8.63. The van der Waals surface area contributed by atoms with Crippen LogP contribution in [-0.4, -0.2) is 6.04 Å². The molecule has 0 spiro atoms. The summed E-state index contributed by atoms with van der Waals surface area (Å²) in [5.41, 5.74) is 9.54. The lowest BCUT2D eigenvalue weighted by molar-refractivity contribution is 0.349. The first-order chi connectivity index (χ1) is 9.81. The largest absolute Gasteiger partial charge is 0.327 e. The van der Waals surface area contributed by atoms with Crippen LogP contribution >= 0.6 is 0 Å². The quantitative estimate of drug-likeness (QED) is 0.672. The van der Waals surface area contributed by atoms with Gasteiger partial charge in [0, 0.05) is 6.04 Å². The van der Waals surface area contributed by atoms with Gasteiger partial charge in [0.15, 0.2) is 0 Å². The van der Waals surface area contributed by atoms with Gasteiger partial charge in [0.2, 0.25) is 0 Å². The molecule has 2 N–H and O–H groups in total. The van der Waals surface area contributed by atoms with E-state index in [-0.39, 0.29) is 0 Å². The molecule has 0 aromatic heterocycles. The monoisotopic (exact) mass is 273 g/mol. The predicted octanol–water partition coefficient (Wildman–Crippen LogP) is 4.87. The lowest BCUT2D eigenvalue weighted by Crippen LogP contribution is -2.34. The molecule has 0 radical (unpaired) electrons. The first-order valence-corrected chi connectivity index (χ1v) is 8.63. The maximum atomic E-state index is 6.45. The number of unbranched alkanes of at least 4 members (excludes halogenated alkanes) is 5. The van der Waals surface area contributed by atoms with E-state index in [4.69, 9.17) is 5.73 Å². The maximum absolute atomic E-state index is 6.45. The molecule has 112 valence electrons. The van der Waals surface area contributed by atoms with Crippen LogP contribution < -0.4 is 5.73 Å². The Morgan fingerprint density at radius 2 is 1.75 bits per heavy atom. The molecule has 0 bridgehead atoms. The van der Waals surface area contributed by atoms with E-state index in [0.717, 1.165) is 0 Å². The average Bonchev–Trinajstić information content (AvgIpc) is 2.50. The van der Waals surface area contributed by atoms with E-state index in [1.165, 1.54) is 64.2 Å². The standard InChI is InChI=1S/C19H31N/c1-2-3-4-5-6-7-12-19(20)18-14-13-16-10-8-9-11-17(16)15-18/h8-11,18-19H,2-7,12-15,20H2,1H3. The third kappa shape index (κ3) is 4.63. The van der Waals surface area contributed by atoms with Gasteiger partial charge in [-0.2, -0.15) is 0 Å². The van der Waals surface area contributed by atoms with Crippen LogP contribution in [0.4, 0.5) is 0 Å². The van der Waals surface area contributed by atoms with Crippen LogP contribution in [0.25, 0.3) is 0 Å². The van der Waals surface area contributed by atoms with Crippen molar-refractivity contribution in [3.63, 3.8) is 0 Å². The van der Waals surface area contributed by atoms with E-state index >= 15 is 0 Å². The highest BCUT2D eigenvalue weighted by Gasteiger charge is 2.23. The summed E-state index contributed by atoms with van der Waals surface area (Å²) in [6, 6.07) is 9.31. The van der Waals surface area contributed by atoms with Gasteiger partial charge < -0.3 is 5.73 Å². The fourth-order valence-electron chi connectivity index (χ4n) is 3.49. The molecular formula is C19H31N. The number of benzene rings is 1. The van der Waals surface area contributed by atoms with Gasteiger partial charge in [0.05, 0.1) is 0 Å². The number of hydrogen-bond donors (Lipinski definition) is 1. The Kier molecular flexibility index (Phi) is 6.59. The van der Waals surface area contributed by atoms with Gasteiger partial charge >= 0.3 is 0 Å². The van der Waals surface area contributed by atoms with Crippen LogP contribution in [0, 0.1) is 5.92 Å². The first kappa shape index (κ1) is 15.6. The molecule has 0 aliphatic heterocycles. The molecule has 2 rings (SSSR count). The molecule has 1 aliphatic carbocycles. The van der Waals surface area contributed by atoms with Crippen LogP contribution in [0.3, 0.4) is 0 Å². The van der Waals surface area contributed by atoms with Gasteiger partial charge in [-0.3, -0.25) is 0 Å².